The Hall–Kier alpha value is -3.97. The van der Waals surface area contributed by atoms with Crippen molar-refractivity contribution in [3.05, 3.63) is 89.0 Å². The van der Waals surface area contributed by atoms with Crippen molar-refractivity contribution >= 4 is 29.0 Å². The fourth-order valence-electron chi connectivity index (χ4n) is 7.71. The zero-order valence-corrected chi connectivity index (χ0v) is 20.7. The number of anilines is 2. The highest BCUT2D eigenvalue weighted by Crippen LogP contribution is 2.68. The molecule has 4 atom stereocenters. The number of benzene rings is 3. The molecule has 2 amide bonds. The van der Waals surface area contributed by atoms with Crippen molar-refractivity contribution in [1.82, 2.24) is 4.90 Å². The summed E-state index contributed by atoms with van der Waals surface area (Å²) in [5.74, 6) is -1.05. The summed E-state index contributed by atoms with van der Waals surface area (Å²) in [5, 5.41) is 6.17. The van der Waals surface area contributed by atoms with E-state index in [4.69, 9.17) is 4.74 Å². The van der Waals surface area contributed by atoms with E-state index in [1.807, 2.05) is 61.5 Å². The van der Waals surface area contributed by atoms with E-state index in [0.717, 1.165) is 24.0 Å². The molecular formula is C30H27N3O4. The number of fused-ring (bicyclic) bond motifs is 7. The number of hydrogen-bond acceptors (Lipinski definition) is 5. The van der Waals surface area contributed by atoms with Gasteiger partial charge in [-0.2, -0.15) is 0 Å². The van der Waals surface area contributed by atoms with Crippen molar-refractivity contribution in [3.8, 4) is 5.75 Å². The number of carbonyl (C=O) groups is 3. The highest BCUT2D eigenvalue weighted by molar-refractivity contribution is 6.21. The molecule has 7 rings (SSSR count). The van der Waals surface area contributed by atoms with Gasteiger partial charge in [0.25, 0.3) is 5.91 Å². The molecule has 37 heavy (non-hydrogen) atoms. The van der Waals surface area contributed by atoms with Gasteiger partial charge in [-0.25, -0.2) is 0 Å². The van der Waals surface area contributed by atoms with Gasteiger partial charge in [0.15, 0.2) is 5.78 Å². The summed E-state index contributed by atoms with van der Waals surface area (Å²) in [6, 6.07) is 20.2. The van der Waals surface area contributed by atoms with Gasteiger partial charge in [-0.3, -0.25) is 19.3 Å². The molecule has 4 aliphatic rings. The van der Waals surface area contributed by atoms with Gasteiger partial charge in [-0.05, 0) is 56.1 Å². The first-order chi connectivity index (χ1) is 18.0. The van der Waals surface area contributed by atoms with E-state index in [9.17, 15) is 14.4 Å². The SMILES string of the molecule is COc1ccccc1C(=O)[C@@H]1[C@H]2CCCN2[C@]2(C(=O)Nc3ccc(C)cc32)[C@]12C(=O)Nc1ccccc12. The number of ketones is 1. The third-order valence-corrected chi connectivity index (χ3v) is 8.91. The second-order valence-corrected chi connectivity index (χ2v) is 10.5. The van der Waals surface area contributed by atoms with Gasteiger partial charge in [0, 0.05) is 23.0 Å². The molecule has 2 fully saturated rings. The average Bonchev–Trinajstić information content (AvgIpc) is 3.62. The Labute approximate surface area is 214 Å². The van der Waals surface area contributed by atoms with Gasteiger partial charge in [0.2, 0.25) is 5.91 Å². The number of rotatable bonds is 3. The largest absolute Gasteiger partial charge is 0.496 e. The van der Waals surface area contributed by atoms with E-state index in [0.29, 0.717) is 34.8 Å². The normalized spacial score (nSPS) is 29.2. The highest BCUT2D eigenvalue weighted by atomic mass is 16.5. The standard InChI is InChI=1S/C30H27N3O4/c1-17-13-14-22-20(16-17)30(28(36)32-22)29(19-9-4-5-10-21(19)31-27(29)35)25(23-11-7-15-33(23)30)26(34)18-8-3-6-12-24(18)37-2/h3-6,8-10,12-14,16,23,25H,7,11,15H2,1-2H3,(H,31,35)(H,32,36)/t23-,25+,29+,30-/m1/s1. The summed E-state index contributed by atoms with van der Waals surface area (Å²) in [4.78, 5) is 45.7. The van der Waals surface area contributed by atoms with Gasteiger partial charge in [0.1, 0.15) is 16.7 Å². The number of nitrogens with one attached hydrogen (secondary N) is 2. The lowest BCUT2D eigenvalue weighted by atomic mass is 9.57. The lowest BCUT2D eigenvalue weighted by molar-refractivity contribution is -0.137. The maximum Gasteiger partial charge on any atom is 0.251 e. The molecule has 0 aromatic heterocycles. The van der Waals surface area contributed by atoms with Crippen LogP contribution in [0.4, 0.5) is 11.4 Å². The Morgan fingerprint density at radius 1 is 0.946 bits per heavy atom. The number of para-hydroxylation sites is 2. The van der Waals surface area contributed by atoms with Crippen LogP contribution in [0.2, 0.25) is 0 Å². The van der Waals surface area contributed by atoms with Crippen molar-refractivity contribution in [2.24, 2.45) is 5.92 Å². The Bertz CT molecular complexity index is 1520. The van der Waals surface area contributed by atoms with E-state index in [1.54, 1.807) is 19.2 Å². The van der Waals surface area contributed by atoms with Crippen molar-refractivity contribution < 1.29 is 19.1 Å². The van der Waals surface area contributed by atoms with Crippen molar-refractivity contribution in [2.75, 3.05) is 24.3 Å². The molecule has 0 aliphatic carbocycles. The van der Waals surface area contributed by atoms with E-state index >= 15 is 0 Å². The molecule has 2 N–H and O–H groups in total. The fraction of sp³-hybridized carbons (Fsp3) is 0.300. The van der Waals surface area contributed by atoms with Crippen LogP contribution < -0.4 is 15.4 Å². The van der Waals surface area contributed by atoms with Gasteiger partial charge in [-0.15, -0.1) is 0 Å². The molecule has 0 saturated carbocycles. The van der Waals surface area contributed by atoms with Crippen LogP contribution in [-0.4, -0.2) is 42.2 Å². The summed E-state index contributed by atoms with van der Waals surface area (Å²) in [7, 11) is 1.54. The van der Waals surface area contributed by atoms with E-state index < -0.39 is 16.9 Å². The quantitative estimate of drug-likeness (QED) is 0.538. The van der Waals surface area contributed by atoms with Gasteiger partial charge >= 0.3 is 0 Å². The van der Waals surface area contributed by atoms with Crippen molar-refractivity contribution in [2.45, 2.75) is 36.8 Å². The summed E-state index contributed by atoms with van der Waals surface area (Å²) < 4.78 is 5.58. The maximum atomic E-state index is 14.7. The Kier molecular flexibility index (Phi) is 4.52. The first-order valence-electron chi connectivity index (χ1n) is 12.7. The third kappa shape index (κ3) is 2.48. The highest BCUT2D eigenvalue weighted by Gasteiger charge is 2.81. The van der Waals surface area contributed by atoms with Gasteiger partial charge in [0.05, 0.1) is 18.6 Å². The van der Waals surface area contributed by atoms with Gasteiger partial charge in [-0.1, -0.05) is 48.0 Å². The Balaban J connectivity index is 1.60. The third-order valence-electron chi connectivity index (χ3n) is 8.91. The zero-order chi connectivity index (χ0) is 25.5. The summed E-state index contributed by atoms with van der Waals surface area (Å²) >= 11 is 0. The molecule has 0 radical (unpaired) electrons. The van der Waals surface area contributed by atoms with Gasteiger partial charge < -0.3 is 15.4 Å². The van der Waals surface area contributed by atoms with Crippen LogP contribution in [0.1, 0.15) is 39.9 Å². The summed E-state index contributed by atoms with van der Waals surface area (Å²) in [5.41, 5.74) is 1.44. The lowest BCUT2D eigenvalue weighted by Crippen LogP contribution is -2.62. The lowest BCUT2D eigenvalue weighted by Gasteiger charge is -2.43. The molecular weight excluding hydrogens is 466 g/mol. The number of amides is 2. The first kappa shape index (κ1) is 22.2. The van der Waals surface area contributed by atoms with Crippen LogP contribution in [0, 0.1) is 12.8 Å². The number of nitrogens with zero attached hydrogens (tertiary/aromatic N) is 1. The van der Waals surface area contributed by atoms with Crippen LogP contribution in [0.3, 0.4) is 0 Å². The minimum Gasteiger partial charge on any atom is -0.496 e. The van der Waals surface area contributed by atoms with Crippen molar-refractivity contribution in [1.29, 1.82) is 0 Å². The number of Topliss-reactive ketones (excluding diaryl/α,β-unsaturated/α-hetero) is 1. The van der Waals surface area contributed by atoms with E-state index in [1.165, 1.54) is 0 Å². The number of hydrogen-bond donors (Lipinski definition) is 2. The molecule has 2 spiro atoms. The molecule has 4 heterocycles. The Morgan fingerprint density at radius 3 is 2.51 bits per heavy atom. The Morgan fingerprint density at radius 2 is 1.68 bits per heavy atom. The molecule has 186 valence electrons. The molecule has 7 heteroatoms. The minimum absolute atomic E-state index is 0.174. The molecule has 4 aliphatic heterocycles. The number of ether oxygens (including phenoxy) is 1. The first-order valence-corrected chi connectivity index (χ1v) is 12.7. The van der Waals surface area contributed by atoms with Crippen LogP contribution in [0.15, 0.2) is 66.7 Å². The zero-order valence-electron chi connectivity index (χ0n) is 20.7. The molecule has 7 nitrogen and oxygen atoms in total. The minimum atomic E-state index is -1.45. The maximum absolute atomic E-state index is 14.7. The smallest absolute Gasteiger partial charge is 0.251 e. The molecule has 3 aromatic carbocycles. The van der Waals surface area contributed by atoms with Crippen LogP contribution >= 0.6 is 0 Å². The molecule has 2 saturated heterocycles. The topological polar surface area (TPSA) is 87.7 Å². The van der Waals surface area contributed by atoms with E-state index in [2.05, 4.69) is 15.5 Å². The van der Waals surface area contributed by atoms with Crippen LogP contribution in [0.25, 0.3) is 0 Å². The van der Waals surface area contributed by atoms with Crippen molar-refractivity contribution in [3.63, 3.8) is 0 Å². The summed E-state index contributed by atoms with van der Waals surface area (Å²) in [6.07, 6.45) is 1.56. The number of methoxy groups -OCH3 is 1. The monoisotopic (exact) mass is 493 g/mol. The van der Waals surface area contributed by atoms with Crippen LogP contribution in [-0.2, 0) is 20.5 Å². The molecule has 0 bridgehead atoms. The fourth-order valence-corrected chi connectivity index (χ4v) is 7.71. The summed E-state index contributed by atoms with van der Waals surface area (Å²) in [6.45, 7) is 2.61. The predicted octanol–water partition coefficient (Wildman–Crippen LogP) is 4.02. The average molecular weight is 494 g/mol. The second-order valence-electron chi connectivity index (χ2n) is 10.5. The van der Waals surface area contributed by atoms with E-state index in [-0.39, 0.29) is 23.6 Å². The predicted molar refractivity (Wildman–Crippen MR) is 139 cm³/mol. The van der Waals surface area contributed by atoms with Crippen LogP contribution in [0.5, 0.6) is 5.75 Å². The molecule has 3 aromatic rings. The molecule has 0 unspecified atom stereocenters. The number of carbonyl (C=O) groups excluding carboxylic acids is 3. The number of aryl methyl sites for hydroxylation is 1. The second kappa shape index (κ2) is 7.52.